The molecule has 0 saturated carbocycles. The van der Waals surface area contributed by atoms with Crippen LogP contribution in [0.25, 0.3) is 0 Å². The van der Waals surface area contributed by atoms with Gasteiger partial charge in [-0.15, -0.1) is 0 Å². The molecule has 0 atom stereocenters. The fourth-order valence-electron chi connectivity index (χ4n) is 2.28. The molecule has 0 fully saturated rings. The normalized spacial score (nSPS) is 11.6. The van der Waals surface area contributed by atoms with Crippen LogP contribution >= 0.6 is 27.5 Å². The second-order valence-electron chi connectivity index (χ2n) is 7.19. The van der Waals surface area contributed by atoms with Crippen molar-refractivity contribution in [3.05, 3.63) is 63.1 Å². The number of ether oxygens (including phenoxy) is 1. The zero-order chi connectivity index (χ0) is 19.9. The summed E-state index contributed by atoms with van der Waals surface area (Å²) in [5, 5.41) is 4.60. The molecule has 0 aliphatic rings. The number of nitrogens with zero attached hydrogens (tertiary/aromatic N) is 1. The lowest BCUT2D eigenvalue weighted by Gasteiger charge is -2.20. The molecule has 2 aromatic rings. The van der Waals surface area contributed by atoms with E-state index in [0.29, 0.717) is 24.5 Å². The molecule has 1 N–H and O–H groups in total. The van der Waals surface area contributed by atoms with Gasteiger partial charge < -0.3 is 4.74 Å². The van der Waals surface area contributed by atoms with Crippen LogP contribution in [-0.4, -0.2) is 18.7 Å². The fraction of sp³-hybridized carbons (Fsp3) is 0.333. The molecule has 0 radical (unpaired) electrons. The topological polar surface area (TPSA) is 50.7 Å². The lowest BCUT2D eigenvalue weighted by atomic mass is 9.87. The molecule has 0 aliphatic heterocycles. The molecule has 2 aromatic carbocycles. The summed E-state index contributed by atoms with van der Waals surface area (Å²) in [5.74, 6) is 0.634. The Labute approximate surface area is 174 Å². The van der Waals surface area contributed by atoms with E-state index in [-0.39, 0.29) is 11.3 Å². The van der Waals surface area contributed by atoms with Crippen LogP contribution in [0.4, 0.5) is 0 Å². The van der Waals surface area contributed by atoms with Gasteiger partial charge in [-0.2, -0.15) is 5.10 Å². The third-order valence-corrected chi connectivity index (χ3v) is 4.75. The minimum absolute atomic E-state index is 0.0890. The molecule has 1 amide bonds. The molecule has 27 heavy (non-hydrogen) atoms. The fourth-order valence-corrected chi connectivity index (χ4v) is 2.90. The second kappa shape index (κ2) is 9.90. The van der Waals surface area contributed by atoms with Gasteiger partial charge in [0.2, 0.25) is 5.91 Å². The Morgan fingerprint density at radius 1 is 1.22 bits per heavy atom. The van der Waals surface area contributed by atoms with Crippen molar-refractivity contribution >= 4 is 39.7 Å². The van der Waals surface area contributed by atoms with Crippen LogP contribution in [0.1, 0.15) is 44.7 Å². The van der Waals surface area contributed by atoms with E-state index < -0.39 is 0 Å². The van der Waals surface area contributed by atoms with Gasteiger partial charge in [0, 0.05) is 11.4 Å². The zero-order valence-electron chi connectivity index (χ0n) is 15.8. The predicted octanol–water partition coefficient (Wildman–Crippen LogP) is 5.71. The Balaban J connectivity index is 1.72. The minimum atomic E-state index is -0.147. The summed E-state index contributed by atoms with van der Waals surface area (Å²) in [6.07, 6.45) is 2.53. The van der Waals surface area contributed by atoms with Crippen molar-refractivity contribution in [3.63, 3.8) is 0 Å². The van der Waals surface area contributed by atoms with E-state index in [1.807, 2.05) is 18.2 Å². The van der Waals surface area contributed by atoms with Gasteiger partial charge in [0.25, 0.3) is 0 Å². The SMILES string of the molecule is CC(C)(C)c1ccc(OCCCC(=O)N/N=C/c2ccc(Cl)cc2)c(Br)c1. The van der Waals surface area contributed by atoms with Crippen LogP contribution in [0.5, 0.6) is 5.75 Å². The van der Waals surface area contributed by atoms with E-state index in [0.717, 1.165) is 15.8 Å². The van der Waals surface area contributed by atoms with E-state index in [9.17, 15) is 4.79 Å². The number of benzene rings is 2. The van der Waals surface area contributed by atoms with Crippen molar-refractivity contribution in [2.24, 2.45) is 5.10 Å². The number of hydrazone groups is 1. The maximum absolute atomic E-state index is 11.8. The van der Waals surface area contributed by atoms with E-state index in [2.05, 4.69) is 59.4 Å². The van der Waals surface area contributed by atoms with Crippen LogP contribution in [0.3, 0.4) is 0 Å². The minimum Gasteiger partial charge on any atom is -0.492 e. The maximum Gasteiger partial charge on any atom is 0.240 e. The Morgan fingerprint density at radius 3 is 2.56 bits per heavy atom. The molecule has 6 heteroatoms. The van der Waals surface area contributed by atoms with Crippen LogP contribution in [0, 0.1) is 0 Å². The summed E-state index contributed by atoms with van der Waals surface area (Å²) < 4.78 is 6.69. The Morgan fingerprint density at radius 2 is 1.93 bits per heavy atom. The number of halogens is 2. The van der Waals surface area contributed by atoms with E-state index in [1.54, 1.807) is 18.3 Å². The average Bonchev–Trinajstić information content (AvgIpc) is 2.60. The molecule has 0 unspecified atom stereocenters. The van der Waals surface area contributed by atoms with Crippen LogP contribution in [0.2, 0.25) is 5.02 Å². The average molecular weight is 452 g/mol. The number of carbonyl (C=O) groups is 1. The highest BCUT2D eigenvalue weighted by molar-refractivity contribution is 9.10. The van der Waals surface area contributed by atoms with Crippen molar-refractivity contribution in [2.45, 2.75) is 39.0 Å². The first-order valence-corrected chi connectivity index (χ1v) is 9.93. The number of carbonyl (C=O) groups excluding carboxylic acids is 1. The molecule has 0 saturated heterocycles. The highest BCUT2D eigenvalue weighted by Gasteiger charge is 2.15. The lowest BCUT2D eigenvalue weighted by Crippen LogP contribution is -2.18. The van der Waals surface area contributed by atoms with Crippen molar-refractivity contribution in [1.82, 2.24) is 5.43 Å². The quantitative estimate of drug-likeness (QED) is 0.333. The smallest absolute Gasteiger partial charge is 0.240 e. The Hall–Kier alpha value is -1.85. The van der Waals surface area contributed by atoms with Crippen LogP contribution in [0.15, 0.2) is 52.0 Å². The monoisotopic (exact) mass is 450 g/mol. The maximum atomic E-state index is 11.8. The number of hydrogen-bond donors (Lipinski definition) is 1. The van der Waals surface area contributed by atoms with Gasteiger partial charge in [0.15, 0.2) is 0 Å². The summed E-state index contributed by atoms with van der Waals surface area (Å²) in [6, 6.07) is 13.3. The van der Waals surface area contributed by atoms with Crippen LogP contribution in [-0.2, 0) is 10.2 Å². The second-order valence-corrected chi connectivity index (χ2v) is 8.48. The molecule has 0 aliphatic carbocycles. The molecule has 4 nitrogen and oxygen atoms in total. The third-order valence-electron chi connectivity index (χ3n) is 3.88. The first-order valence-electron chi connectivity index (χ1n) is 8.76. The zero-order valence-corrected chi connectivity index (χ0v) is 18.1. The molecule has 0 bridgehead atoms. The summed E-state index contributed by atoms with van der Waals surface area (Å²) in [6.45, 7) is 6.97. The van der Waals surface area contributed by atoms with Crippen molar-refractivity contribution in [1.29, 1.82) is 0 Å². The summed E-state index contributed by atoms with van der Waals surface area (Å²) >= 11 is 9.37. The molecule has 144 valence electrons. The highest BCUT2D eigenvalue weighted by atomic mass is 79.9. The lowest BCUT2D eigenvalue weighted by molar-refractivity contribution is -0.121. The molecule has 2 rings (SSSR count). The number of amides is 1. The third kappa shape index (κ3) is 7.35. The summed E-state index contributed by atoms with van der Waals surface area (Å²) in [7, 11) is 0. The van der Waals surface area contributed by atoms with E-state index in [1.165, 1.54) is 5.56 Å². The summed E-state index contributed by atoms with van der Waals surface area (Å²) in [5.41, 5.74) is 4.70. The molecule has 0 aromatic heterocycles. The Kier molecular flexibility index (Phi) is 7.87. The van der Waals surface area contributed by atoms with Gasteiger partial charge in [-0.25, -0.2) is 5.43 Å². The first kappa shape index (κ1) is 21.5. The molecular weight excluding hydrogens is 428 g/mol. The number of rotatable bonds is 7. The van der Waals surface area contributed by atoms with Gasteiger partial charge in [-0.05, 0) is 63.2 Å². The Bertz CT molecular complexity index is 799. The van der Waals surface area contributed by atoms with Crippen molar-refractivity contribution in [2.75, 3.05) is 6.61 Å². The standard InChI is InChI=1S/C21H24BrClN2O2/c1-21(2,3)16-8-11-19(18(22)13-16)27-12-4-5-20(26)25-24-14-15-6-9-17(23)10-7-15/h6-11,13-14H,4-5,12H2,1-3H3,(H,25,26)/b24-14+. The van der Waals surface area contributed by atoms with E-state index in [4.69, 9.17) is 16.3 Å². The number of nitrogens with one attached hydrogen (secondary N) is 1. The highest BCUT2D eigenvalue weighted by Crippen LogP contribution is 2.31. The van der Waals surface area contributed by atoms with Crippen LogP contribution < -0.4 is 10.2 Å². The molecule has 0 heterocycles. The predicted molar refractivity (Wildman–Crippen MR) is 115 cm³/mol. The van der Waals surface area contributed by atoms with Gasteiger partial charge in [-0.3, -0.25) is 4.79 Å². The largest absolute Gasteiger partial charge is 0.492 e. The molecular formula is C21H24BrClN2O2. The number of hydrogen-bond acceptors (Lipinski definition) is 3. The van der Waals surface area contributed by atoms with Gasteiger partial charge >= 0.3 is 0 Å². The van der Waals surface area contributed by atoms with Gasteiger partial charge in [-0.1, -0.05) is 50.6 Å². The molecule has 0 spiro atoms. The van der Waals surface area contributed by atoms with Crippen molar-refractivity contribution < 1.29 is 9.53 Å². The summed E-state index contributed by atoms with van der Waals surface area (Å²) in [4.78, 5) is 11.8. The first-order chi connectivity index (χ1) is 12.8. The van der Waals surface area contributed by atoms with Gasteiger partial charge in [0.05, 0.1) is 17.3 Å². The van der Waals surface area contributed by atoms with Gasteiger partial charge in [0.1, 0.15) is 5.75 Å². The van der Waals surface area contributed by atoms with Crippen molar-refractivity contribution in [3.8, 4) is 5.75 Å². The van der Waals surface area contributed by atoms with E-state index >= 15 is 0 Å².